The first-order chi connectivity index (χ1) is 10.0. The molecular formula is C15H26N2O4. The van der Waals surface area contributed by atoms with Crippen LogP contribution in [0.4, 0.5) is 4.79 Å². The molecule has 6 nitrogen and oxygen atoms in total. The quantitative estimate of drug-likeness (QED) is 0.721. The van der Waals surface area contributed by atoms with Crippen LogP contribution in [0.5, 0.6) is 0 Å². The number of ether oxygens (including phenoxy) is 1. The van der Waals surface area contributed by atoms with Crippen molar-refractivity contribution in [1.29, 1.82) is 0 Å². The summed E-state index contributed by atoms with van der Waals surface area (Å²) >= 11 is 0. The zero-order valence-corrected chi connectivity index (χ0v) is 12.6. The molecule has 0 spiro atoms. The summed E-state index contributed by atoms with van der Waals surface area (Å²) in [6.45, 7) is 3.36. The summed E-state index contributed by atoms with van der Waals surface area (Å²) < 4.78 is 5.34. The normalized spacial score (nSPS) is 32.6. The second kappa shape index (κ2) is 7.64. The van der Waals surface area contributed by atoms with Crippen molar-refractivity contribution in [3.05, 3.63) is 0 Å². The molecule has 120 valence electrons. The van der Waals surface area contributed by atoms with Gasteiger partial charge in [-0.05, 0) is 37.5 Å². The SMILES string of the molecule is CC1CCCC(CNC(=O)NCC2CCC(C(=O)O)O2)C1. The van der Waals surface area contributed by atoms with Crippen molar-refractivity contribution in [3.8, 4) is 0 Å². The molecular weight excluding hydrogens is 272 g/mol. The molecule has 0 aromatic carbocycles. The average Bonchev–Trinajstić information content (AvgIpc) is 2.92. The van der Waals surface area contributed by atoms with Crippen LogP contribution in [0.2, 0.25) is 0 Å². The lowest BCUT2D eigenvalue weighted by Crippen LogP contribution is -2.42. The Labute approximate surface area is 125 Å². The van der Waals surface area contributed by atoms with E-state index in [9.17, 15) is 9.59 Å². The maximum atomic E-state index is 11.7. The van der Waals surface area contributed by atoms with Gasteiger partial charge in [-0.25, -0.2) is 9.59 Å². The summed E-state index contributed by atoms with van der Waals surface area (Å²) in [5.41, 5.74) is 0. The van der Waals surface area contributed by atoms with Crippen molar-refractivity contribution in [2.75, 3.05) is 13.1 Å². The summed E-state index contributed by atoms with van der Waals surface area (Å²) in [5.74, 6) is 0.417. The van der Waals surface area contributed by atoms with Crippen molar-refractivity contribution in [2.24, 2.45) is 11.8 Å². The van der Waals surface area contributed by atoms with E-state index in [0.717, 1.165) is 12.5 Å². The van der Waals surface area contributed by atoms with E-state index in [1.807, 2.05) is 0 Å². The number of carboxylic acids is 1. The van der Waals surface area contributed by atoms with E-state index in [4.69, 9.17) is 9.84 Å². The molecule has 1 aliphatic carbocycles. The van der Waals surface area contributed by atoms with Crippen molar-refractivity contribution < 1.29 is 19.4 Å². The van der Waals surface area contributed by atoms with Gasteiger partial charge in [-0.3, -0.25) is 0 Å². The molecule has 3 N–H and O–H groups in total. The number of carbonyl (C=O) groups excluding carboxylic acids is 1. The fourth-order valence-corrected chi connectivity index (χ4v) is 3.29. The summed E-state index contributed by atoms with van der Waals surface area (Å²) in [4.78, 5) is 22.5. The Balaban J connectivity index is 1.58. The third kappa shape index (κ3) is 5.19. The molecule has 2 rings (SSSR count). The van der Waals surface area contributed by atoms with Gasteiger partial charge < -0.3 is 20.5 Å². The Kier molecular flexibility index (Phi) is 5.85. The highest BCUT2D eigenvalue weighted by atomic mass is 16.5. The topological polar surface area (TPSA) is 87.7 Å². The molecule has 1 saturated carbocycles. The zero-order valence-electron chi connectivity index (χ0n) is 12.6. The summed E-state index contributed by atoms with van der Waals surface area (Å²) in [5, 5.41) is 14.5. The molecule has 4 unspecified atom stereocenters. The Morgan fingerprint density at radius 3 is 2.57 bits per heavy atom. The molecule has 2 aliphatic rings. The minimum atomic E-state index is -0.923. The van der Waals surface area contributed by atoms with Crippen LogP contribution in [-0.2, 0) is 9.53 Å². The smallest absolute Gasteiger partial charge is 0.332 e. The number of amides is 2. The second-order valence-electron chi connectivity index (χ2n) is 6.39. The number of nitrogens with one attached hydrogen (secondary N) is 2. The lowest BCUT2D eigenvalue weighted by molar-refractivity contribution is -0.149. The van der Waals surface area contributed by atoms with Crippen molar-refractivity contribution >= 4 is 12.0 Å². The second-order valence-corrected chi connectivity index (χ2v) is 6.39. The lowest BCUT2D eigenvalue weighted by atomic mass is 9.82. The summed E-state index contributed by atoms with van der Waals surface area (Å²) in [6, 6.07) is -0.185. The minimum Gasteiger partial charge on any atom is -0.479 e. The Hall–Kier alpha value is -1.30. The molecule has 21 heavy (non-hydrogen) atoms. The molecule has 4 atom stereocenters. The number of hydrogen-bond donors (Lipinski definition) is 3. The largest absolute Gasteiger partial charge is 0.479 e. The van der Waals surface area contributed by atoms with Gasteiger partial charge in [-0.15, -0.1) is 0 Å². The van der Waals surface area contributed by atoms with Gasteiger partial charge in [0, 0.05) is 13.1 Å². The van der Waals surface area contributed by atoms with Gasteiger partial charge in [0.2, 0.25) is 0 Å². The van der Waals surface area contributed by atoms with Gasteiger partial charge in [-0.2, -0.15) is 0 Å². The number of urea groups is 1. The van der Waals surface area contributed by atoms with E-state index >= 15 is 0 Å². The first-order valence-corrected chi connectivity index (χ1v) is 7.94. The molecule has 1 aliphatic heterocycles. The molecule has 6 heteroatoms. The number of rotatable bonds is 5. The van der Waals surface area contributed by atoms with E-state index < -0.39 is 12.1 Å². The molecule has 1 heterocycles. The Morgan fingerprint density at radius 1 is 1.14 bits per heavy atom. The average molecular weight is 298 g/mol. The van der Waals surface area contributed by atoms with E-state index in [1.165, 1.54) is 25.7 Å². The van der Waals surface area contributed by atoms with E-state index in [-0.39, 0.29) is 12.1 Å². The molecule has 1 saturated heterocycles. The molecule has 0 aromatic rings. The van der Waals surface area contributed by atoms with Crippen LogP contribution in [0.3, 0.4) is 0 Å². The molecule has 2 amide bonds. The number of carbonyl (C=O) groups is 2. The fourth-order valence-electron chi connectivity index (χ4n) is 3.29. The molecule has 0 radical (unpaired) electrons. The third-order valence-corrected chi connectivity index (χ3v) is 4.47. The van der Waals surface area contributed by atoms with E-state index in [2.05, 4.69) is 17.6 Å². The van der Waals surface area contributed by atoms with Crippen LogP contribution in [0.1, 0.15) is 45.4 Å². The Bertz CT molecular complexity index is 375. The van der Waals surface area contributed by atoms with E-state index in [1.54, 1.807) is 0 Å². The van der Waals surface area contributed by atoms with E-state index in [0.29, 0.717) is 25.3 Å². The molecule has 2 fully saturated rings. The van der Waals surface area contributed by atoms with Crippen LogP contribution in [0.25, 0.3) is 0 Å². The third-order valence-electron chi connectivity index (χ3n) is 4.47. The molecule has 0 aromatic heterocycles. The minimum absolute atomic E-state index is 0.185. The number of aliphatic carboxylic acids is 1. The van der Waals surface area contributed by atoms with Crippen molar-refractivity contribution in [3.63, 3.8) is 0 Å². The number of carboxylic acid groups (broad SMARTS) is 1. The zero-order chi connectivity index (χ0) is 15.2. The van der Waals surface area contributed by atoms with Gasteiger partial charge >= 0.3 is 12.0 Å². The van der Waals surface area contributed by atoms with Gasteiger partial charge in [0.05, 0.1) is 6.10 Å². The lowest BCUT2D eigenvalue weighted by Gasteiger charge is -2.26. The highest BCUT2D eigenvalue weighted by molar-refractivity contribution is 5.74. The molecule has 0 bridgehead atoms. The van der Waals surface area contributed by atoms with Gasteiger partial charge in [0.1, 0.15) is 0 Å². The number of hydrogen-bond acceptors (Lipinski definition) is 3. The summed E-state index contributed by atoms with van der Waals surface area (Å²) in [6.07, 6.45) is 5.22. The van der Waals surface area contributed by atoms with Crippen LogP contribution in [0.15, 0.2) is 0 Å². The van der Waals surface area contributed by atoms with Crippen molar-refractivity contribution in [2.45, 2.75) is 57.7 Å². The van der Waals surface area contributed by atoms with Crippen LogP contribution >= 0.6 is 0 Å². The van der Waals surface area contributed by atoms with Crippen molar-refractivity contribution in [1.82, 2.24) is 10.6 Å². The first kappa shape index (κ1) is 16.1. The first-order valence-electron chi connectivity index (χ1n) is 7.94. The van der Waals surface area contributed by atoms with Crippen LogP contribution in [0, 0.1) is 11.8 Å². The predicted molar refractivity (Wildman–Crippen MR) is 78.1 cm³/mol. The predicted octanol–water partition coefficient (Wildman–Crippen LogP) is 1.74. The summed E-state index contributed by atoms with van der Waals surface area (Å²) in [7, 11) is 0. The Morgan fingerprint density at radius 2 is 1.90 bits per heavy atom. The van der Waals surface area contributed by atoms with Gasteiger partial charge in [0.15, 0.2) is 6.10 Å². The highest BCUT2D eigenvalue weighted by Gasteiger charge is 2.30. The standard InChI is InChI=1S/C15H26N2O4/c1-10-3-2-4-11(7-10)8-16-15(20)17-9-12-5-6-13(21-12)14(18)19/h10-13H,2-9H2,1H3,(H,18,19)(H2,16,17,20). The highest BCUT2D eigenvalue weighted by Crippen LogP contribution is 2.27. The maximum Gasteiger partial charge on any atom is 0.332 e. The van der Waals surface area contributed by atoms with Gasteiger partial charge in [-0.1, -0.05) is 19.8 Å². The maximum absolute atomic E-state index is 11.7. The fraction of sp³-hybridized carbons (Fsp3) is 0.867. The van der Waals surface area contributed by atoms with Gasteiger partial charge in [0.25, 0.3) is 0 Å². The van der Waals surface area contributed by atoms with Crippen LogP contribution in [-0.4, -0.2) is 42.4 Å². The monoisotopic (exact) mass is 298 g/mol. The van der Waals surface area contributed by atoms with Crippen LogP contribution < -0.4 is 10.6 Å².